The maximum absolute atomic E-state index is 12.1. The van der Waals surface area contributed by atoms with E-state index in [0.717, 1.165) is 0 Å². The highest BCUT2D eigenvalue weighted by Crippen LogP contribution is 2.22. The van der Waals surface area contributed by atoms with Crippen LogP contribution in [-0.4, -0.2) is 34.2 Å². The van der Waals surface area contributed by atoms with E-state index in [-0.39, 0.29) is 16.4 Å². The van der Waals surface area contributed by atoms with Crippen molar-refractivity contribution in [1.29, 1.82) is 0 Å². The summed E-state index contributed by atoms with van der Waals surface area (Å²) >= 11 is 6.52. The zero-order chi connectivity index (χ0) is 13.9. The first-order chi connectivity index (χ1) is 8.31. The third-order valence-electron chi connectivity index (χ3n) is 2.21. The Labute approximate surface area is 122 Å². The predicted octanol–water partition coefficient (Wildman–Crippen LogP) is 3.21. The molecule has 18 heavy (non-hydrogen) atoms. The average Bonchev–Trinajstić information content (AvgIpc) is 2.26. The molecular weight excluding hydrogens is 368 g/mol. The van der Waals surface area contributed by atoms with Gasteiger partial charge >= 0.3 is 0 Å². The van der Waals surface area contributed by atoms with Crippen LogP contribution in [0.4, 0.5) is 5.69 Å². The molecule has 0 radical (unpaired) electrons. The Bertz CT molecular complexity index is 477. The number of hydrogen-bond donors (Lipinski definition) is 0. The van der Waals surface area contributed by atoms with Gasteiger partial charge in [-0.25, -0.2) is 0 Å². The van der Waals surface area contributed by atoms with Crippen LogP contribution < -0.4 is 0 Å². The van der Waals surface area contributed by atoms with E-state index in [2.05, 4.69) is 31.9 Å². The molecule has 0 aromatic heterocycles. The Kier molecular flexibility index (Phi) is 5.28. The summed E-state index contributed by atoms with van der Waals surface area (Å²) in [6.07, 6.45) is 0. The van der Waals surface area contributed by atoms with Crippen molar-refractivity contribution in [3.63, 3.8) is 0 Å². The van der Waals surface area contributed by atoms with Crippen molar-refractivity contribution in [1.82, 2.24) is 4.90 Å². The molecule has 1 atom stereocenters. The number of nitro benzene ring substituents is 1. The van der Waals surface area contributed by atoms with Crippen molar-refractivity contribution in [2.45, 2.75) is 11.8 Å². The van der Waals surface area contributed by atoms with Crippen LogP contribution in [0.1, 0.15) is 17.3 Å². The predicted molar refractivity (Wildman–Crippen MR) is 76.1 cm³/mol. The lowest BCUT2D eigenvalue weighted by Gasteiger charge is -2.18. The minimum Gasteiger partial charge on any atom is -0.341 e. The van der Waals surface area contributed by atoms with Gasteiger partial charge in [-0.15, -0.1) is 0 Å². The zero-order valence-electron chi connectivity index (χ0n) is 9.89. The van der Waals surface area contributed by atoms with E-state index in [1.54, 1.807) is 13.1 Å². The van der Waals surface area contributed by atoms with E-state index < -0.39 is 4.92 Å². The molecule has 1 aromatic carbocycles. The van der Waals surface area contributed by atoms with Crippen molar-refractivity contribution in [3.8, 4) is 0 Å². The van der Waals surface area contributed by atoms with E-state index in [1.165, 1.54) is 17.0 Å². The molecule has 0 N–H and O–H groups in total. The molecule has 0 bridgehead atoms. The van der Waals surface area contributed by atoms with E-state index in [1.807, 2.05) is 6.92 Å². The fourth-order valence-electron chi connectivity index (χ4n) is 1.48. The van der Waals surface area contributed by atoms with Gasteiger partial charge in [0, 0.05) is 40.6 Å². The summed E-state index contributed by atoms with van der Waals surface area (Å²) in [5, 5.41) is 10.7. The lowest BCUT2D eigenvalue weighted by Crippen LogP contribution is -2.31. The first-order valence-electron chi connectivity index (χ1n) is 5.15. The second kappa shape index (κ2) is 6.29. The van der Waals surface area contributed by atoms with E-state index in [4.69, 9.17) is 0 Å². The first kappa shape index (κ1) is 15.1. The summed E-state index contributed by atoms with van der Waals surface area (Å²) in [5.41, 5.74) is 0.194. The molecule has 1 rings (SSSR count). The smallest absolute Gasteiger partial charge is 0.271 e. The van der Waals surface area contributed by atoms with Crippen molar-refractivity contribution in [3.05, 3.63) is 38.3 Å². The number of benzene rings is 1. The molecule has 0 aliphatic rings. The Hall–Kier alpha value is -0.950. The Morgan fingerprint density at radius 2 is 2.11 bits per heavy atom. The highest BCUT2D eigenvalue weighted by molar-refractivity contribution is 9.10. The molecule has 0 aliphatic carbocycles. The molecule has 1 unspecified atom stereocenters. The lowest BCUT2D eigenvalue weighted by molar-refractivity contribution is -0.385. The Morgan fingerprint density at radius 3 is 2.61 bits per heavy atom. The van der Waals surface area contributed by atoms with Crippen LogP contribution >= 0.6 is 31.9 Å². The van der Waals surface area contributed by atoms with Gasteiger partial charge in [-0.05, 0) is 6.07 Å². The molecule has 0 saturated carbocycles. The maximum Gasteiger partial charge on any atom is 0.271 e. The third kappa shape index (κ3) is 4.06. The van der Waals surface area contributed by atoms with Crippen LogP contribution in [0.15, 0.2) is 22.7 Å². The van der Waals surface area contributed by atoms with Gasteiger partial charge in [0.05, 0.1) is 4.92 Å². The first-order valence-corrected chi connectivity index (χ1v) is 6.86. The number of nitrogens with zero attached hydrogens (tertiary/aromatic N) is 2. The molecule has 1 aromatic rings. The SMILES string of the molecule is CC(Br)CN(C)C(=O)c1cc(Br)cc([N+](=O)[O-])c1. The highest BCUT2D eigenvalue weighted by atomic mass is 79.9. The summed E-state index contributed by atoms with van der Waals surface area (Å²) in [6.45, 7) is 2.45. The topological polar surface area (TPSA) is 63.5 Å². The number of nitro groups is 1. The van der Waals surface area contributed by atoms with Gasteiger partial charge < -0.3 is 4.90 Å². The normalized spacial score (nSPS) is 12.0. The molecule has 98 valence electrons. The van der Waals surface area contributed by atoms with Crippen LogP contribution in [0.3, 0.4) is 0 Å². The number of non-ortho nitro benzene ring substituents is 1. The Morgan fingerprint density at radius 1 is 1.50 bits per heavy atom. The zero-order valence-corrected chi connectivity index (χ0v) is 13.1. The number of hydrogen-bond acceptors (Lipinski definition) is 3. The van der Waals surface area contributed by atoms with Gasteiger partial charge in [-0.1, -0.05) is 38.8 Å². The third-order valence-corrected chi connectivity index (χ3v) is 2.96. The van der Waals surface area contributed by atoms with Gasteiger partial charge in [0.25, 0.3) is 11.6 Å². The number of carbonyl (C=O) groups excluding carboxylic acids is 1. The van der Waals surface area contributed by atoms with Crippen molar-refractivity contribution in [2.75, 3.05) is 13.6 Å². The van der Waals surface area contributed by atoms with Crippen molar-refractivity contribution < 1.29 is 9.72 Å². The van der Waals surface area contributed by atoms with Gasteiger partial charge in [0.15, 0.2) is 0 Å². The number of halogens is 2. The molecule has 0 saturated heterocycles. The standard InChI is InChI=1S/C11H12Br2N2O3/c1-7(12)6-14(2)11(16)8-3-9(13)5-10(4-8)15(17)18/h3-5,7H,6H2,1-2H3. The van der Waals surface area contributed by atoms with Crippen LogP contribution in [-0.2, 0) is 0 Å². The maximum atomic E-state index is 12.1. The van der Waals surface area contributed by atoms with Crippen LogP contribution in [0, 0.1) is 10.1 Å². The summed E-state index contributed by atoms with van der Waals surface area (Å²) < 4.78 is 0.514. The summed E-state index contributed by atoms with van der Waals surface area (Å²) in [5.74, 6) is -0.245. The van der Waals surface area contributed by atoms with Crippen molar-refractivity contribution >= 4 is 43.5 Å². The molecular formula is C11H12Br2N2O3. The monoisotopic (exact) mass is 378 g/mol. The molecule has 5 nitrogen and oxygen atoms in total. The summed E-state index contributed by atoms with van der Waals surface area (Å²) in [7, 11) is 1.66. The van der Waals surface area contributed by atoms with E-state index >= 15 is 0 Å². The minimum absolute atomic E-state index is 0.104. The number of carbonyl (C=O) groups is 1. The van der Waals surface area contributed by atoms with Gasteiger partial charge in [0.1, 0.15) is 0 Å². The van der Waals surface area contributed by atoms with E-state index in [9.17, 15) is 14.9 Å². The average molecular weight is 380 g/mol. The van der Waals surface area contributed by atoms with Gasteiger partial charge in [0.2, 0.25) is 0 Å². The molecule has 0 fully saturated rings. The number of amides is 1. The molecule has 0 heterocycles. The quantitative estimate of drug-likeness (QED) is 0.458. The second-order valence-corrected chi connectivity index (χ2v) is 6.40. The molecule has 0 aliphatic heterocycles. The summed E-state index contributed by atoms with van der Waals surface area (Å²) in [6, 6.07) is 4.22. The van der Waals surface area contributed by atoms with Crippen LogP contribution in [0.5, 0.6) is 0 Å². The fourth-order valence-corrected chi connectivity index (χ4v) is 2.40. The van der Waals surface area contributed by atoms with Gasteiger partial charge in [-0.3, -0.25) is 14.9 Å². The van der Waals surface area contributed by atoms with E-state index in [0.29, 0.717) is 16.6 Å². The highest BCUT2D eigenvalue weighted by Gasteiger charge is 2.17. The largest absolute Gasteiger partial charge is 0.341 e. The number of rotatable bonds is 4. The van der Waals surface area contributed by atoms with Crippen LogP contribution in [0.2, 0.25) is 0 Å². The molecule has 7 heteroatoms. The van der Waals surface area contributed by atoms with Crippen LogP contribution in [0.25, 0.3) is 0 Å². The van der Waals surface area contributed by atoms with Crippen molar-refractivity contribution in [2.24, 2.45) is 0 Å². The molecule has 1 amide bonds. The second-order valence-electron chi connectivity index (χ2n) is 3.92. The van der Waals surface area contributed by atoms with Gasteiger partial charge in [-0.2, -0.15) is 0 Å². The fraction of sp³-hybridized carbons (Fsp3) is 0.364. The Balaban J connectivity index is 3.02. The lowest BCUT2D eigenvalue weighted by atomic mass is 10.2. The minimum atomic E-state index is -0.519. The summed E-state index contributed by atoms with van der Waals surface area (Å²) in [4.78, 5) is 24.0. The number of alkyl halides is 1. The molecule has 0 spiro atoms.